The third-order valence-electron chi connectivity index (χ3n) is 8.53. The van der Waals surface area contributed by atoms with Crippen LogP contribution >= 0.6 is 0 Å². The summed E-state index contributed by atoms with van der Waals surface area (Å²) in [7, 11) is 0. The molecule has 3 aliphatic rings. The Kier molecular flexibility index (Phi) is 4.98. The van der Waals surface area contributed by atoms with E-state index in [9.17, 15) is 15.0 Å². The molecule has 4 rings (SSSR count). The molecule has 0 bridgehead atoms. The zero-order valence-electron chi connectivity index (χ0n) is 18.0. The number of aliphatic hydroxyl groups excluding tert-OH is 1. The molecule has 2 fully saturated rings. The molecule has 0 unspecified atom stereocenters. The van der Waals surface area contributed by atoms with Crippen LogP contribution in [0.25, 0.3) is 0 Å². The van der Waals surface area contributed by atoms with Gasteiger partial charge in [-0.1, -0.05) is 26.8 Å². The summed E-state index contributed by atoms with van der Waals surface area (Å²) in [5.74, 6) is 1.33. The summed E-state index contributed by atoms with van der Waals surface area (Å²) < 4.78 is 11.4. The summed E-state index contributed by atoms with van der Waals surface area (Å²) in [4.78, 5) is 11.6. The number of rotatable bonds is 3. The Morgan fingerprint density at radius 2 is 1.90 bits per heavy atom. The summed E-state index contributed by atoms with van der Waals surface area (Å²) in [5, 5.41) is 22.2. The molecule has 160 valence electrons. The molecular formula is C24H34O5. The Labute approximate surface area is 173 Å². The third kappa shape index (κ3) is 3.27. The molecule has 5 atom stereocenters. The van der Waals surface area contributed by atoms with E-state index < -0.39 is 5.60 Å². The van der Waals surface area contributed by atoms with Crippen LogP contribution in [0.5, 0.6) is 11.5 Å². The third-order valence-corrected chi connectivity index (χ3v) is 8.53. The average Bonchev–Trinajstić information content (AvgIpc) is 2.65. The van der Waals surface area contributed by atoms with Gasteiger partial charge in [-0.25, -0.2) is 0 Å². The van der Waals surface area contributed by atoms with E-state index in [2.05, 4.69) is 20.8 Å². The van der Waals surface area contributed by atoms with Crippen LogP contribution in [0.15, 0.2) is 18.2 Å². The van der Waals surface area contributed by atoms with Gasteiger partial charge >= 0.3 is 5.97 Å². The fraction of sp³-hybridized carbons (Fsp3) is 0.708. The van der Waals surface area contributed by atoms with Crippen molar-refractivity contribution in [3.05, 3.63) is 23.8 Å². The highest BCUT2D eigenvalue weighted by Gasteiger charge is 2.62. The van der Waals surface area contributed by atoms with Gasteiger partial charge in [0.05, 0.1) is 24.7 Å². The molecule has 5 heteroatoms. The topological polar surface area (TPSA) is 76.0 Å². The van der Waals surface area contributed by atoms with Crippen LogP contribution < -0.4 is 9.47 Å². The van der Waals surface area contributed by atoms with Gasteiger partial charge in [-0.2, -0.15) is 0 Å². The van der Waals surface area contributed by atoms with Gasteiger partial charge in [0, 0.05) is 12.0 Å². The fourth-order valence-electron chi connectivity index (χ4n) is 6.23. The zero-order chi connectivity index (χ0) is 21.0. The van der Waals surface area contributed by atoms with Crippen molar-refractivity contribution < 1.29 is 24.5 Å². The van der Waals surface area contributed by atoms with E-state index in [1.54, 1.807) is 6.07 Å². The zero-order valence-corrected chi connectivity index (χ0v) is 18.0. The Bertz CT molecular complexity index is 798. The number of fused-ring (bicyclic) bond motifs is 2. The maximum absolute atomic E-state index is 11.7. The molecule has 1 aromatic carbocycles. The largest absolute Gasteiger partial charge is 0.493 e. The van der Waals surface area contributed by atoms with Gasteiger partial charge in [-0.3, -0.25) is 4.79 Å². The second-order valence-corrected chi connectivity index (χ2v) is 10.3. The Balaban J connectivity index is 1.49. The monoisotopic (exact) mass is 402 g/mol. The smallest absolute Gasteiger partial charge is 0.311 e. The lowest BCUT2D eigenvalue weighted by Crippen LogP contribution is -2.64. The van der Waals surface area contributed by atoms with Gasteiger partial charge in [-0.05, 0) is 67.4 Å². The van der Waals surface area contributed by atoms with Crippen molar-refractivity contribution in [3.8, 4) is 11.5 Å². The van der Waals surface area contributed by atoms with Crippen molar-refractivity contribution in [1.29, 1.82) is 0 Å². The number of benzene rings is 1. The fourth-order valence-corrected chi connectivity index (χ4v) is 6.23. The molecule has 2 N–H and O–H groups in total. The summed E-state index contributed by atoms with van der Waals surface area (Å²) in [6, 6.07) is 5.66. The van der Waals surface area contributed by atoms with Gasteiger partial charge in [-0.15, -0.1) is 0 Å². The SMILES string of the molecule is CC1(C)[C@@H](O)CC[C@@]2(C)[C@H]1CC[C@H](COc1ccc3c(c1)OC(=O)CC3)[C@@]2(C)O. The van der Waals surface area contributed by atoms with Crippen molar-refractivity contribution in [2.24, 2.45) is 22.7 Å². The normalized spacial score (nSPS) is 38.6. The van der Waals surface area contributed by atoms with Crippen LogP contribution in [0, 0.1) is 22.7 Å². The van der Waals surface area contributed by atoms with Crippen molar-refractivity contribution in [3.63, 3.8) is 0 Å². The van der Waals surface area contributed by atoms with E-state index in [0.717, 1.165) is 31.2 Å². The number of esters is 1. The molecule has 0 aromatic heterocycles. The number of carbonyl (C=O) groups excluding carboxylic acids is 1. The van der Waals surface area contributed by atoms with Crippen LogP contribution in [-0.2, 0) is 11.2 Å². The molecule has 0 spiro atoms. The van der Waals surface area contributed by atoms with Crippen LogP contribution in [0.1, 0.15) is 65.4 Å². The predicted octanol–water partition coefficient (Wildman–Crippen LogP) is 3.88. The van der Waals surface area contributed by atoms with E-state index in [1.807, 2.05) is 19.1 Å². The van der Waals surface area contributed by atoms with Gasteiger partial charge in [0.1, 0.15) is 11.5 Å². The lowest BCUT2D eigenvalue weighted by atomic mass is 9.44. The summed E-state index contributed by atoms with van der Waals surface area (Å²) >= 11 is 0. The highest BCUT2D eigenvalue weighted by Crippen LogP contribution is 2.62. The molecular weight excluding hydrogens is 368 g/mol. The maximum Gasteiger partial charge on any atom is 0.311 e. The minimum Gasteiger partial charge on any atom is -0.493 e. The van der Waals surface area contributed by atoms with Crippen LogP contribution in [0.2, 0.25) is 0 Å². The molecule has 5 nitrogen and oxygen atoms in total. The second kappa shape index (κ2) is 6.98. The summed E-state index contributed by atoms with van der Waals surface area (Å²) in [5.41, 5.74) is -0.313. The number of aryl methyl sites for hydroxylation is 1. The van der Waals surface area contributed by atoms with Crippen LogP contribution in [-0.4, -0.2) is 34.5 Å². The lowest BCUT2D eigenvalue weighted by Gasteiger charge is -2.63. The molecule has 29 heavy (non-hydrogen) atoms. The quantitative estimate of drug-likeness (QED) is 0.593. The first kappa shape index (κ1) is 20.7. The Morgan fingerprint density at radius 1 is 1.14 bits per heavy atom. The van der Waals surface area contributed by atoms with Crippen molar-refractivity contribution in [1.82, 2.24) is 0 Å². The molecule has 2 aliphatic carbocycles. The average molecular weight is 403 g/mol. The molecule has 1 aromatic rings. The number of hydrogen-bond acceptors (Lipinski definition) is 5. The van der Waals surface area contributed by atoms with E-state index >= 15 is 0 Å². The summed E-state index contributed by atoms with van der Waals surface area (Å²) in [6.45, 7) is 8.85. The minimum absolute atomic E-state index is 0.00776. The first-order chi connectivity index (χ1) is 13.6. The molecule has 0 saturated heterocycles. The number of aliphatic hydroxyl groups is 2. The van der Waals surface area contributed by atoms with E-state index in [0.29, 0.717) is 30.9 Å². The second-order valence-electron chi connectivity index (χ2n) is 10.3. The molecule has 1 aliphatic heterocycles. The molecule has 2 saturated carbocycles. The molecule has 0 radical (unpaired) electrons. The molecule has 1 heterocycles. The van der Waals surface area contributed by atoms with Gasteiger partial charge in [0.15, 0.2) is 0 Å². The highest BCUT2D eigenvalue weighted by atomic mass is 16.5. The first-order valence-corrected chi connectivity index (χ1v) is 10.9. The minimum atomic E-state index is -0.881. The van der Waals surface area contributed by atoms with Crippen molar-refractivity contribution in [2.45, 2.75) is 77.9 Å². The van der Waals surface area contributed by atoms with E-state index in [1.165, 1.54) is 0 Å². The van der Waals surface area contributed by atoms with Crippen molar-refractivity contribution >= 4 is 5.97 Å². The van der Waals surface area contributed by atoms with Gasteiger partial charge < -0.3 is 19.7 Å². The number of hydrogen-bond donors (Lipinski definition) is 2. The Hall–Kier alpha value is -1.59. The van der Waals surface area contributed by atoms with Gasteiger partial charge in [0.2, 0.25) is 0 Å². The Morgan fingerprint density at radius 3 is 2.66 bits per heavy atom. The van der Waals surface area contributed by atoms with E-state index in [4.69, 9.17) is 9.47 Å². The number of carbonyl (C=O) groups is 1. The molecule has 0 amide bonds. The number of ether oxygens (including phenoxy) is 2. The van der Waals surface area contributed by atoms with Crippen LogP contribution in [0.4, 0.5) is 0 Å². The van der Waals surface area contributed by atoms with Crippen LogP contribution in [0.3, 0.4) is 0 Å². The highest BCUT2D eigenvalue weighted by molar-refractivity contribution is 5.75. The summed E-state index contributed by atoms with van der Waals surface area (Å²) in [6.07, 6.45) is 4.19. The first-order valence-electron chi connectivity index (χ1n) is 10.9. The van der Waals surface area contributed by atoms with Crippen molar-refractivity contribution in [2.75, 3.05) is 6.61 Å². The predicted molar refractivity (Wildman–Crippen MR) is 110 cm³/mol. The standard InChI is InChI=1S/C24H34O5/c1-22(2)19-9-7-16(24(4,27)23(19,3)12-11-20(22)25)14-28-17-8-5-15-6-10-21(26)29-18(15)13-17/h5,8,13,16,19-20,25,27H,6-7,9-12,14H2,1-4H3/t16-,19+,20+,23+,24-/m1/s1. The maximum atomic E-state index is 11.7. The van der Waals surface area contributed by atoms with Gasteiger partial charge in [0.25, 0.3) is 0 Å². The lowest BCUT2D eigenvalue weighted by molar-refractivity contribution is -0.227. The van der Waals surface area contributed by atoms with E-state index in [-0.39, 0.29) is 34.7 Å².